The number of nitrogens with zero attached hydrogens (tertiary/aromatic N) is 1. The van der Waals surface area contributed by atoms with Crippen LogP contribution in [-0.2, 0) is 16.6 Å². The Kier molecular flexibility index (Phi) is 5.10. The minimum atomic E-state index is -3.59. The topological polar surface area (TPSA) is 51.1 Å². The van der Waals surface area contributed by atoms with E-state index in [2.05, 4.69) is 57.3 Å². The third-order valence-electron chi connectivity index (χ3n) is 5.19. The van der Waals surface area contributed by atoms with Crippen LogP contribution in [-0.4, -0.2) is 13.0 Å². The molecule has 0 radical (unpaired) electrons. The summed E-state index contributed by atoms with van der Waals surface area (Å²) in [5.74, 6) is 0. The molecule has 1 N–H and O–H groups in total. The third kappa shape index (κ3) is 4.00. The van der Waals surface area contributed by atoms with Crippen molar-refractivity contribution in [1.29, 1.82) is 0 Å². The van der Waals surface area contributed by atoms with Gasteiger partial charge >= 0.3 is 0 Å². The van der Waals surface area contributed by atoms with Gasteiger partial charge in [-0.3, -0.25) is 4.72 Å². The molecule has 2 aromatic heterocycles. The molecule has 5 rings (SSSR count). The fraction of sp³-hybridized carbons (Fsp3) is 0.0400. The van der Waals surface area contributed by atoms with Gasteiger partial charge in [-0.2, -0.15) is 0 Å². The number of fused-ring (bicyclic) bond motifs is 1. The summed E-state index contributed by atoms with van der Waals surface area (Å²) in [4.78, 5) is 1.50. The smallest absolute Gasteiger partial charge is 0.261 e. The van der Waals surface area contributed by atoms with Gasteiger partial charge in [0.2, 0.25) is 0 Å². The first-order chi connectivity index (χ1) is 15.1. The summed E-state index contributed by atoms with van der Waals surface area (Å²) in [6.45, 7) is 0.706. The fourth-order valence-corrected chi connectivity index (χ4v) is 5.52. The van der Waals surface area contributed by atoms with Crippen LogP contribution < -0.4 is 4.72 Å². The monoisotopic (exact) mass is 444 g/mol. The Balaban J connectivity index is 1.40. The van der Waals surface area contributed by atoms with Crippen LogP contribution in [0.1, 0.15) is 5.56 Å². The maximum atomic E-state index is 12.5. The molecule has 0 aliphatic carbocycles. The number of thiophene rings is 1. The molecule has 154 valence electrons. The molecule has 0 amide bonds. The summed E-state index contributed by atoms with van der Waals surface area (Å²) in [5.41, 5.74) is 4.06. The quantitative estimate of drug-likeness (QED) is 0.338. The molecule has 2 heterocycles. The lowest BCUT2D eigenvalue weighted by Crippen LogP contribution is -2.12. The number of nitrogens with one attached hydrogen (secondary N) is 1. The number of benzene rings is 3. The van der Waals surface area contributed by atoms with Crippen molar-refractivity contribution in [2.45, 2.75) is 11.4 Å². The van der Waals surface area contributed by atoms with E-state index in [0.717, 1.165) is 5.56 Å². The highest BCUT2D eigenvalue weighted by molar-refractivity contribution is 7.92. The summed E-state index contributed by atoms with van der Waals surface area (Å²) >= 11 is 1.74. The first-order valence-electron chi connectivity index (χ1n) is 9.89. The average molecular weight is 445 g/mol. The predicted molar refractivity (Wildman–Crippen MR) is 128 cm³/mol. The molecule has 6 heteroatoms. The lowest BCUT2D eigenvalue weighted by molar-refractivity contribution is 0.601. The molecule has 0 aliphatic rings. The Hall–Kier alpha value is -3.35. The summed E-state index contributed by atoms with van der Waals surface area (Å²) in [6, 6.07) is 28.5. The second-order valence-corrected chi connectivity index (χ2v) is 9.91. The summed E-state index contributed by atoms with van der Waals surface area (Å²) < 4.78 is 29.9. The van der Waals surface area contributed by atoms with Crippen molar-refractivity contribution in [3.8, 4) is 10.4 Å². The van der Waals surface area contributed by atoms with E-state index in [0.29, 0.717) is 12.2 Å². The number of rotatable bonds is 6. The Morgan fingerprint density at radius 2 is 1.55 bits per heavy atom. The van der Waals surface area contributed by atoms with Crippen LogP contribution in [0.4, 0.5) is 5.69 Å². The Morgan fingerprint density at radius 3 is 2.29 bits per heavy atom. The van der Waals surface area contributed by atoms with E-state index >= 15 is 0 Å². The van der Waals surface area contributed by atoms with E-state index in [1.165, 1.54) is 21.3 Å². The van der Waals surface area contributed by atoms with E-state index in [-0.39, 0.29) is 4.90 Å². The molecule has 0 fully saturated rings. The minimum Gasteiger partial charge on any atom is -0.342 e. The molecule has 3 aromatic carbocycles. The van der Waals surface area contributed by atoms with Gasteiger partial charge in [-0.05, 0) is 47.3 Å². The molecule has 0 aliphatic heterocycles. The maximum Gasteiger partial charge on any atom is 0.261 e. The molecule has 0 saturated heterocycles. The van der Waals surface area contributed by atoms with Crippen molar-refractivity contribution in [3.05, 3.63) is 108 Å². The van der Waals surface area contributed by atoms with Crippen molar-refractivity contribution in [2.24, 2.45) is 0 Å². The number of sulfonamides is 1. The third-order valence-corrected chi connectivity index (χ3v) is 7.49. The zero-order chi connectivity index (χ0) is 21.3. The first-order valence-corrected chi connectivity index (χ1v) is 12.2. The van der Waals surface area contributed by atoms with Crippen molar-refractivity contribution in [1.82, 2.24) is 4.57 Å². The maximum absolute atomic E-state index is 12.5. The highest BCUT2D eigenvalue weighted by Crippen LogP contribution is 2.33. The van der Waals surface area contributed by atoms with Gasteiger partial charge < -0.3 is 4.57 Å². The molecule has 0 spiro atoms. The minimum absolute atomic E-state index is 0.249. The van der Waals surface area contributed by atoms with Gasteiger partial charge in [0.25, 0.3) is 10.0 Å². The largest absolute Gasteiger partial charge is 0.342 e. The molecule has 0 saturated carbocycles. The van der Waals surface area contributed by atoms with Crippen molar-refractivity contribution < 1.29 is 8.42 Å². The number of hydrogen-bond donors (Lipinski definition) is 1. The lowest BCUT2D eigenvalue weighted by atomic mass is 10.1. The summed E-state index contributed by atoms with van der Waals surface area (Å²) in [7, 11) is -3.59. The van der Waals surface area contributed by atoms with Gasteiger partial charge in [0.1, 0.15) is 0 Å². The summed E-state index contributed by atoms with van der Waals surface area (Å²) in [5, 5.41) is 3.33. The van der Waals surface area contributed by atoms with Crippen LogP contribution in [0.25, 0.3) is 21.3 Å². The zero-order valence-corrected chi connectivity index (χ0v) is 18.2. The van der Waals surface area contributed by atoms with Gasteiger partial charge in [-0.25, -0.2) is 8.42 Å². The van der Waals surface area contributed by atoms with Gasteiger partial charge in [0, 0.05) is 39.8 Å². The van der Waals surface area contributed by atoms with E-state index in [4.69, 9.17) is 0 Å². The van der Waals surface area contributed by atoms with Crippen LogP contribution in [0, 0.1) is 0 Å². The van der Waals surface area contributed by atoms with Crippen LogP contribution >= 0.6 is 11.3 Å². The molecule has 0 bridgehead atoms. The van der Waals surface area contributed by atoms with Crippen LogP contribution in [0.3, 0.4) is 0 Å². The van der Waals surface area contributed by atoms with Gasteiger partial charge in [-0.15, -0.1) is 11.3 Å². The van der Waals surface area contributed by atoms with Crippen LogP contribution in [0.2, 0.25) is 0 Å². The van der Waals surface area contributed by atoms with E-state index in [1.807, 2.05) is 24.3 Å². The second kappa shape index (κ2) is 8.06. The fourth-order valence-electron chi connectivity index (χ4n) is 3.69. The van der Waals surface area contributed by atoms with Crippen molar-refractivity contribution in [2.75, 3.05) is 4.72 Å². The standard InChI is InChI=1S/C25H20N2O2S2/c28-31(29,21-7-2-1-3-8-21)26-20-14-12-19(13-15-20)17-27-18-23(25-11-6-16-30-25)22-9-4-5-10-24(22)27/h1-16,18,26H,17H2. The second-order valence-electron chi connectivity index (χ2n) is 7.28. The van der Waals surface area contributed by atoms with E-state index in [9.17, 15) is 8.42 Å². The molecule has 5 aromatic rings. The molecule has 4 nitrogen and oxygen atoms in total. The number of anilines is 1. The predicted octanol–water partition coefficient (Wildman–Crippen LogP) is 6.22. The van der Waals surface area contributed by atoms with Crippen LogP contribution in [0.15, 0.2) is 107 Å². The first kappa shape index (κ1) is 19.6. The van der Waals surface area contributed by atoms with E-state index in [1.54, 1.807) is 41.7 Å². The van der Waals surface area contributed by atoms with Gasteiger partial charge in [0.15, 0.2) is 0 Å². The molecule has 31 heavy (non-hydrogen) atoms. The number of para-hydroxylation sites is 1. The SMILES string of the molecule is O=S(=O)(Nc1ccc(Cn2cc(-c3cccs3)c3ccccc32)cc1)c1ccccc1. The van der Waals surface area contributed by atoms with Crippen LogP contribution in [0.5, 0.6) is 0 Å². The number of aromatic nitrogens is 1. The highest BCUT2D eigenvalue weighted by atomic mass is 32.2. The average Bonchev–Trinajstić information content (AvgIpc) is 3.44. The van der Waals surface area contributed by atoms with Crippen molar-refractivity contribution in [3.63, 3.8) is 0 Å². The zero-order valence-electron chi connectivity index (χ0n) is 16.6. The lowest BCUT2D eigenvalue weighted by Gasteiger charge is -2.10. The Bertz CT molecular complexity index is 1420. The molecule has 0 unspecified atom stereocenters. The highest BCUT2D eigenvalue weighted by Gasteiger charge is 2.14. The molecular weight excluding hydrogens is 424 g/mol. The van der Waals surface area contributed by atoms with Crippen molar-refractivity contribution >= 4 is 38.0 Å². The van der Waals surface area contributed by atoms with Gasteiger partial charge in [-0.1, -0.05) is 54.6 Å². The Labute approximate surface area is 185 Å². The van der Waals surface area contributed by atoms with Gasteiger partial charge in [0.05, 0.1) is 4.90 Å². The number of hydrogen-bond acceptors (Lipinski definition) is 3. The molecule has 0 atom stereocenters. The summed E-state index contributed by atoms with van der Waals surface area (Å²) in [6.07, 6.45) is 2.20. The Morgan fingerprint density at radius 1 is 0.806 bits per heavy atom. The normalized spacial score (nSPS) is 11.6. The van der Waals surface area contributed by atoms with E-state index < -0.39 is 10.0 Å². The molecular formula is C25H20N2O2S2.